The van der Waals surface area contributed by atoms with E-state index in [1.54, 1.807) is 11.9 Å². The summed E-state index contributed by atoms with van der Waals surface area (Å²) in [4.78, 5) is 26.7. The molecule has 0 spiro atoms. The Hall–Kier alpha value is -2.89. The molecule has 1 atom stereocenters. The van der Waals surface area contributed by atoms with Crippen molar-refractivity contribution in [3.63, 3.8) is 0 Å². The van der Waals surface area contributed by atoms with Crippen LogP contribution < -0.4 is 10.1 Å². The van der Waals surface area contributed by atoms with Gasteiger partial charge in [-0.25, -0.2) is 4.39 Å². The summed E-state index contributed by atoms with van der Waals surface area (Å²) >= 11 is 0. The molecule has 0 fully saturated rings. The molecule has 5 nitrogen and oxygen atoms in total. The summed E-state index contributed by atoms with van der Waals surface area (Å²) in [5, 5.41) is 2.75. The first-order chi connectivity index (χ1) is 12.9. The smallest absolute Gasteiger partial charge is 0.251 e. The molecule has 0 radical (unpaired) electrons. The number of likely N-dealkylation sites (N-methyl/N-ethyl adjacent to an activating group) is 1. The second-order valence-electron chi connectivity index (χ2n) is 6.62. The normalized spacial score (nSPS) is 11.7. The van der Waals surface area contributed by atoms with E-state index >= 15 is 0 Å². The fourth-order valence-electron chi connectivity index (χ4n) is 2.50. The molecule has 0 aliphatic carbocycles. The minimum absolute atomic E-state index is 0.0978. The second-order valence-corrected chi connectivity index (χ2v) is 6.62. The summed E-state index contributed by atoms with van der Waals surface area (Å²) in [7, 11) is 1.68. The number of rotatable bonds is 8. The van der Waals surface area contributed by atoms with Crippen molar-refractivity contribution in [3.8, 4) is 5.75 Å². The quantitative estimate of drug-likeness (QED) is 0.775. The van der Waals surface area contributed by atoms with E-state index in [0.717, 1.165) is 5.75 Å². The second kappa shape index (κ2) is 9.71. The number of amides is 2. The van der Waals surface area contributed by atoms with E-state index in [1.165, 1.54) is 24.3 Å². The van der Waals surface area contributed by atoms with E-state index in [9.17, 15) is 14.0 Å². The van der Waals surface area contributed by atoms with E-state index in [4.69, 9.17) is 4.74 Å². The van der Waals surface area contributed by atoms with Crippen molar-refractivity contribution in [3.05, 3.63) is 66.0 Å². The lowest BCUT2D eigenvalue weighted by atomic mass is 10.0. The Balaban J connectivity index is 1.92. The number of hydrogen-bond acceptors (Lipinski definition) is 3. The topological polar surface area (TPSA) is 58.6 Å². The van der Waals surface area contributed by atoms with Gasteiger partial charge >= 0.3 is 0 Å². The summed E-state index contributed by atoms with van der Waals surface area (Å²) in [5.41, 5.74) is 0.310. The molecule has 0 heterocycles. The molecule has 0 aliphatic rings. The van der Waals surface area contributed by atoms with Crippen LogP contribution in [0.1, 0.15) is 24.2 Å². The third-order valence-corrected chi connectivity index (χ3v) is 4.14. The number of ether oxygens (including phenoxy) is 1. The molecule has 0 aliphatic heterocycles. The van der Waals surface area contributed by atoms with Crippen LogP contribution in [0, 0.1) is 11.7 Å². The van der Waals surface area contributed by atoms with Gasteiger partial charge in [0.2, 0.25) is 5.91 Å². The molecular formula is C21H25FN2O3. The van der Waals surface area contributed by atoms with E-state index in [-0.39, 0.29) is 11.8 Å². The van der Waals surface area contributed by atoms with E-state index < -0.39 is 17.8 Å². The number of para-hydroxylation sites is 1. The SMILES string of the molecule is CC(C)C(NC(=O)c1ccc(F)cc1)C(=O)N(C)CCOc1ccccc1. The molecule has 2 amide bonds. The molecule has 1 N–H and O–H groups in total. The molecule has 2 rings (SSSR count). The number of benzene rings is 2. The Morgan fingerprint density at radius 2 is 1.70 bits per heavy atom. The van der Waals surface area contributed by atoms with Crippen LogP contribution in [0.5, 0.6) is 5.75 Å². The van der Waals surface area contributed by atoms with Crippen molar-refractivity contribution in [1.82, 2.24) is 10.2 Å². The van der Waals surface area contributed by atoms with Gasteiger partial charge in [-0.2, -0.15) is 0 Å². The third-order valence-electron chi connectivity index (χ3n) is 4.14. The Morgan fingerprint density at radius 3 is 2.30 bits per heavy atom. The summed E-state index contributed by atoms with van der Waals surface area (Å²) in [6.45, 7) is 4.47. The minimum Gasteiger partial charge on any atom is -0.492 e. The maximum absolute atomic E-state index is 13.0. The fourth-order valence-corrected chi connectivity index (χ4v) is 2.50. The molecule has 0 saturated carbocycles. The van der Waals surface area contributed by atoms with Crippen molar-refractivity contribution in [2.24, 2.45) is 5.92 Å². The van der Waals surface area contributed by atoms with Gasteiger partial charge in [0.25, 0.3) is 5.91 Å². The summed E-state index contributed by atoms with van der Waals surface area (Å²) in [5.74, 6) is -0.378. The van der Waals surface area contributed by atoms with Crippen LogP contribution in [0.3, 0.4) is 0 Å². The standard InChI is InChI=1S/C21H25FN2O3/c1-15(2)19(23-20(25)16-9-11-17(22)12-10-16)21(26)24(3)13-14-27-18-7-5-4-6-8-18/h4-12,15,19H,13-14H2,1-3H3,(H,23,25). The number of carbonyl (C=O) groups is 2. The predicted octanol–water partition coefficient (Wildman–Crippen LogP) is 3.12. The lowest BCUT2D eigenvalue weighted by Gasteiger charge is -2.27. The maximum Gasteiger partial charge on any atom is 0.251 e. The van der Waals surface area contributed by atoms with Crippen LogP contribution in [0.25, 0.3) is 0 Å². The third kappa shape index (κ3) is 6.09. The number of nitrogens with zero attached hydrogens (tertiary/aromatic N) is 1. The Labute approximate surface area is 159 Å². The molecule has 2 aromatic carbocycles. The highest BCUT2D eigenvalue weighted by Gasteiger charge is 2.27. The summed E-state index contributed by atoms with van der Waals surface area (Å²) < 4.78 is 18.6. The van der Waals surface area contributed by atoms with Crippen molar-refractivity contribution >= 4 is 11.8 Å². The highest BCUT2D eigenvalue weighted by Crippen LogP contribution is 2.10. The van der Waals surface area contributed by atoms with Gasteiger partial charge in [-0.3, -0.25) is 9.59 Å². The van der Waals surface area contributed by atoms with E-state index in [1.807, 2.05) is 44.2 Å². The number of halogens is 1. The highest BCUT2D eigenvalue weighted by molar-refractivity contribution is 5.97. The number of nitrogens with one attached hydrogen (secondary N) is 1. The molecular weight excluding hydrogens is 347 g/mol. The Kier molecular flexibility index (Phi) is 7.34. The minimum atomic E-state index is -0.677. The monoisotopic (exact) mass is 372 g/mol. The van der Waals surface area contributed by atoms with Crippen LogP contribution in [0.4, 0.5) is 4.39 Å². The molecule has 2 aromatic rings. The lowest BCUT2D eigenvalue weighted by molar-refractivity contribution is -0.133. The van der Waals surface area contributed by atoms with Crippen LogP contribution in [0.2, 0.25) is 0 Å². The van der Waals surface area contributed by atoms with Gasteiger partial charge in [0.05, 0.1) is 6.54 Å². The molecule has 1 unspecified atom stereocenters. The van der Waals surface area contributed by atoms with Crippen LogP contribution in [-0.2, 0) is 4.79 Å². The van der Waals surface area contributed by atoms with Gasteiger partial charge in [-0.05, 0) is 42.3 Å². The lowest BCUT2D eigenvalue weighted by Crippen LogP contribution is -2.50. The molecule has 0 saturated heterocycles. The molecule has 144 valence electrons. The molecule has 6 heteroatoms. The van der Waals surface area contributed by atoms with Crippen LogP contribution in [0.15, 0.2) is 54.6 Å². The van der Waals surface area contributed by atoms with E-state index in [0.29, 0.717) is 18.7 Å². The van der Waals surface area contributed by atoms with Gasteiger partial charge in [0.15, 0.2) is 0 Å². The Bertz CT molecular complexity index is 748. The first-order valence-electron chi connectivity index (χ1n) is 8.87. The number of hydrogen-bond donors (Lipinski definition) is 1. The van der Waals surface area contributed by atoms with Crippen molar-refractivity contribution in [2.75, 3.05) is 20.2 Å². The van der Waals surface area contributed by atoms with Gasteiger partial charge in [0, 0.05) is 12.6 Å². The van der Waals surface area contributed by atoms with Gasteiger partial charge in [-0.1, -0.05) is 32.0 Å². The van der Waals surface area contributed by atoms with Crippen LogP contribution in [-0.4, -0.2) is 43.0 Å². The first kappa shape index (κ1) is 20.4. The van der Waals surface area contributed by atoms with Crippen molar-refractivity contribution in [1.29, 1.82) is 0 Å². The average molecular weight is 372 g/mol. The van der Waals surface area contributed by atoms with E-state index in [2.05, 4.69) is 5.32 Å². The number of carbonyl (C=O) groups excluding carboxylic acids is 2. The fraction of sp³-hybridized carbons (Fsp3) is 0.333. The van der Waals surface area contributed by atoms with Crippen molar-refractivity contribution < 1.29 is 18.7 Å². The predicted molar refractivity (Wildman–Crippen MR) is 102 cm³/mol. The zero-order valence-electron chi connectivity index (χ0n) is 15.8. The Morgan fingerprint density at radius 1 is 1.07 bits per heavy atom. The zero-order chi connectivity index (χ0) is 19.8. The molecule has 0 bridgehead atoms. The van der Waals surface area contributed by atoms with Gasteiger partial charge in [-0.15, -0.1) is 0 Å². The van der Waals surface area contributed by atoms with Crippen molar-refractivity contribution in [2.45, 2.75) is 19.9 Å². The zero-order valence-corrected chi connectivity index (χ0v) is 15.8. The highest BCUT2D eigenvalue weighted by atomic mass is 19.1. The van der Waals surface area contributed by atoms with Crippen LogP contribution >= 0.6 is 0 Å². The molecule has 0 aromatic heterocycles. The van der Waals surface area contributed by atoms with Gasteiger partial charge in [0.1, 0.15) is 24.2 Å². The van der Waals surface area contributed by atoms with Gasteiger partial charge < -0.3 is 15.0 Å². The largest absolute Gasteiger partial charge is 0.492 e. The molecule has 27 heavy (non-hydrogen) atoms. The summed E-state index contributed by atoms with van der Waals surface area (Å²) in [6, 6.07) is 13.9. The average Bonchev–Trinajstić information content (AvgIpc) is 2.66. The first-order valence-corrected chi connectivity index (χ1v) is 8.87. The summed E-state index contributed by atoms with van der Waals surface area (Å²) in [6.07, 6.45) is 0. The maximum atomic E-state index is 13.0.